The molecule has 41 heteroatoms. The summed E-state index contributed by atoms with van der Waals surface area (Å²) >= 11 is 48.7. The topological polar surface area (TPSA) is 458 Å². The van der Waals surface area contributed by atoms with Crippen molar-refractivity contribution >= 4 is 220 Å². The number of aryl methyl sites for hydroxylation is 1. The maximum atomic E-state index is 13.3. The number of esters is 1. The van der Waals surface area contributed by atoms with Crippen LogP contribution in [0, 0.1) is 13.5 Å². The highest BCUT2D eigenvalue weighted by atomic mass is 35.5. The smallest absolute Gasteiger partial charge is 0.329 e. The zero-order valence-electron chi connectivity index (χ0n) is 77.5. The molecule has 9 N–H and O–H groups in total. The van der Waals surface area contributed by atoms with Gasteiger partial charge in [-0.2, -0.15) is 0 Å². The Balaban J connectivity index is 0.000000164. The first-order valence-corrected chi connectivity index (χ1v) is 49.3. The van der Waals surface area contributed by atoms with Crippen LogP contribution in [0.2, 0.25) is 40.2 Å². The molecular weight excluding hydrogens is 2080 g/mol. The SMILES string of the molecule is CC(=O)C1Cc2ccccc2C(=O)N1c1ccc(C[C@H](NC(=O)c2c(Cl)cccc2Cl)C(=O)O)cc1.COC(=O)C1Cc2ccccc2C(=O)N1c1ccc(C[C@H](NC(=O)c2c(Cl)cccc2Cl)C(=O)O)cc1.Cc1cccc2c1C(=O)N(c1ccc(C[C@H](NC(=O)c3c(Cl)cc(NS(C)(=O)=O)cc3Cl)C(=O)O)cc1)C2=O.[C-]#[N+]C1Cc2ccccc2C(=O)N1c1ccc(C[C@H](NC(=O)c2c(Cl)cccc2Cl)C(=O)O)cc1. The van der Waals surface area contributed by atoms with Crippen molar-refractivity contribution in [3.05, 3.63) is 401 Å². The number of anilines is 5. The van der Waals surface area contributed by atoms with Gasteiger partial charge in [-0.05, 0) is 180 Å². The van der Waals surface area contributed by atoms with E-state index in [1.54, 1.807) is 171 Å². The summed E-state index contributed by atoms with van der Waals surface area (Å²) in [6.07, 6.45) is 1.19. The molecule has 16 rings (SSSR count). The van der Waals surface area contributed by atoms with Crippen LogP contribution in [0.3, 0.4) is 0 Å². The molecular formula is C106H84Cl8N10O22S. The number of ether oxygens (including phenoxy) is 1. The summed E-state index contributed by atoms with van der Waals surface area (Å²) in [7, 11) is -2.36. The number of ketones is 1. The van der Waals surface area contributed by atoms with Crippen molar-refractivity contribution in [3.63, 3.8) is 0 Å². The van der Waals surface area contributed by atoms with Crippen LogP contribution >= 0.6 is 92.8 Å². The third-order valence-electron chi connectivity index (χ3n) is 23.9. The normalized spacial score (nSPS) is 15.1. The van der Waals surface area contributed by atoms with Crippen LogP contribution in [-0.4, -0.2) is 173 Å². The highest BCUT2D eigenvalue weighted by Crippen LogP contribution is 2.39. The number of Topliss-reactive ketones (excluding diaryl/α,β-unsaturated/α-hetero) is 1. The molecule has 12 aromatic rings. The van der Waals surface area contributed by atoms with Crippen molar-refractivity contribution in [2.24, 2.45) is 0 Å². The summed E-state index contributed by atoms with van der Waals surface area (Å²) in [5.74, 6) is -10.4. The van der Waals surface area contributed by atoms with Crippen molar-refractivity contribution in [2.45, 2.75) is 101 Å². The molecule has 12 aromatic carbocycles. The van der Waals surface area contributed by atoms with Gasteiger partial charge in [-0.25, -0.2) is 48.8 Å². The molecule has 32 nitrogen and oxygen atoms in total. The van der Waals surface area contributed by atoms with Crippen LogP contribution in [0.25, 0.3) is 4.85 Å². The van der Waals surface area contributed by atoms with Crippen LogP contribution in [0.1, 0.15) is 145 Å². The average molecular weight is 2170 g/mol. The Morgan fingerprint density at radius 1 is 0.381 bits per heavy atom. The minimum atomic E-state index is -3.63. The van der Waals surface area contributed by atoms with Gasteiger partial charge in [0.2, 0.25) is 10.0 Å². The van der Waals surface area contributed by atoms with Gasteiger partial charge in [0.1, 0.15) is 30.2 Å². The quantitative estimate of drug-likeness (QED) is 0.0125. The summed E-state index contributed by atoms with van der Waals surface area (Å²) < 4.78 is 30.0. The Bertz CT molecular complexity index is 7380. The highest BCUT2D eigenvalue weighted by molar-refractivity contribution is 7.92. The van der Waals surface area contributed by atoms with E-state index in [0.717, 1.165) is 27.8 Å². The maximum Gasteiger partial charge on any atom is 0.329 e. The number of imide groups is 1. The van der Waals surface area contributed by atoms with Gasteiger partial charge in [0.05, 0.1) is 116 Å². The fraction of sp³-hybridized carbons (Fsp3) is 0.170. The monoisotopic (exact) mass is 2160 g/mol. The van der Waals surface area contributed by atoms with Crippen molar-refractivity contribution < 1.29 is 105 Å². The number of aliphatic carboxylic acids is 4. The van der Waals surface area contributed by atoms with E-state index in [0.29, 0.717) is 97.6 Å². The standard InChI is InChI=1S/C27H22Cl2N2O6.C27H22Cl2N2O5.C26H21Cl2N3O7S.C26H19Cl2N3O4/c1-37-27(36)22-14-16-5-2-3-6-18(16)25(33)31(22)17-11-9-15(10-12-17)13-21(26(34)35)30-24(32)23-19(28)7-4-8-20(23)29;1-15(32)23-14-17-5-2-3-6-19(17)26(34)31(23)18-11-9-16(10-12-18)13-22(27(35)36)30-25(33)24-20(28)7-4-8-21(24)29;1-13-4-3-5-17-21(13)25(34)31(24(17)33)16-8-6-14(7-9-16)10-20(26(35)36)29-23(32)22-18(27)11-15(12-19(22)28)30-39(2,37)38;1-29-22-14-16-5-2-3-6-18(16)25(33)31(22)17-11-9-15(10-12-17)13-21(26(34)35)30-24(32)23-19(27)7-4-8-20(23)28/h2-12,21-22H,13-14H2,1H3,(H,30,32)(H,34,35);2-12,22-23H,13-14H2,1H3,(H,30,33)(H,35,36);3-9,11-12,20,30H,10H2,1-2H3,(H,29,32)(H,35,36);2-12,21-22H,13-14H2,(H,30,32)(H,34,35)/t21-,22?;22-,23?;20-;21-,22?/m0000/s1. The lowest BCUT2D eigenvalue weighted by atomic mass is 9.91. The predicted octanol–water partition coefficient (Wildman–Crippen LogP) is 17.5. The van der Waals surface area contributed by atoms with Crippen LogP contribution in [0.5, 0.6) is 0 Å². The van der Waals surface area contributed by atoms with Crippen molar-refractivity contribution in [2.75, 3.05) is 37.7 Å². The molecule has 4 aliphatic heterocycles. The summed E-state index contributed by atoms with van der Waals surface area (Å²) in [5, 5.41) is 48.8. The summed E-state index contributed by atoms with van der Waals surface area (Å²) in [5.41, 5.74) is 9.35. The molecule has 147 heavy (non-hydrogen) atoms. The zero-order chi connectivity index (χ0) is 106. The number of halogens is 8. The van der Waals surface area contributed by atoms with Crippen molar-refractivity contribution in [3.8, 4) is 0 Å². The van der Waals surface area contributed by atoms with Gasteiger partial charge in [0.25, 0.3) is 53.2 Å². The number of rotatable bonds is 28. The molecule has 3 unspecified atom stereocenters. The minimum Gasteiger partial charge on any atom is -0.480 e. The summed E-state index contributed by atoms with van der Waals surface area (Å²) in [4.78, 5) is 198. The average Bonchev–Trinajstić information content (AvgIpc) is 1.65. The number of hydrogen-bond donors (Lipinski definition) is 9. The fourth-order valence-corrected chi connectivity index (χ4v) is 19.7. The number of amides is 9. The van der Waals surface area contributed by atoms with Gasteiger partial charge in [-0.15, -0.1) is 0 Å². The van der Waals surface area contributed by atoms with Crippen LogP contribution in [0.4, 0.5) is 28.4 Å². The third kappa shape index (κ3) is 25.6. The molecule has 4 aliphatic rings. The number of hydrogen-bond acceptors (Lipinski definition) is 18. The number of carboxylic acids is 4. The number of carbonyl (C=O) groups excluding carboxylic acids is 11. The van der Waals surface area contributed by atoms with E-state index in [2.05, 4.69) is 30.8 Å². The molecule has 7 atom stereocenters. The maximum absolute atomic E-state index is 13.3. The Kier molecular flexibility index (Phi) is 35.3. The van der Waals surface area contributed by atoms with Gasteiger partial charge < -0.3 is 46.4 Å². The van der Waals surface area contributed by atoms with E-state index >= 15 is 0 Å². The Morgan fingerprint density at radius 3 is 0.993 bits per heavy atom. The second kappa shape index (κ2) is 47.7. The number of fused-ring (bicyclic) bond motifs is 4. The summed E-state index contributed by atoms with van der Waals surface area (Å²) in [6.45, 7) is 10.8. The Hall–Kier alpha value is -15.4. The van der Waals surface area contributed by atoms with Gasteiger partial charge >= 0.3 is 36.0 Å². The van der Waals surface area contributed by atoms with Crippen molar-refractivity contribution in [1.82, 2.24) is 21.3 Å². The second-order valence-electron chi connectivity index (χ2n) is 33.7. The first-order chi connectivity index (χ1) is 69.9. The van der Waals surface area contributed by atoms with Crippen LogP contribution in [0.15, 0.2) is 255 Å². The van der Waals surface area contributed by atoms with Gasteiger partial charge in [-0.1, -0.05) is 226 Å². The van der Waals surface area contributed by atoms with E-state index in [9.17, 15) is 101 Å². The van der Waals surface area contributed by atoms with E-state index in [1.807, 2.05) is 30.3 Å². The molecule has 0 aliphatic carbocycles. The Labute approximate surface area is 880 Å². The zero-order valence-corrected chi connectivity index (χ0v) is 84.4. The highest BCUT2D eigenvalue weighted by Gasteiger charge is 2.43. The van der Waals surface area contributed by atoms with E-state index in [1.165, 1.54) is 89.4 Å². The lowest BCUT2D eigenvalue weighted by Crippen LogP contribution is -2.50. The third-order valence-corrected chi connectivity index (χ3v) is 27.0. The fourth-order valence-electron chi connectivity index (χ4n) is 16.8. The number of benzene rings is 12. The molecule has 4 heterocycles. The van der Waals surface area contributed by atoms with E-state index < -0.39 is 118 Å². The number of nitrogens with one attached hydrogen (secondary N) is 5. The van der Waals surface area contributed by atoms with E-state index in [4.69, 9.17) is 104 Å². The predicted molar refractivity (Wildman–Crippen MR) is 554 cm³/mol. The number of nitrogens with zero attached hydrogens (tertiary/aromatic N) is 5. The Morgan fingerprint density at radius 2 is 0.673 bits per heavy atom. The molecule has 9 amide bonds. The lowest BCUT2D eigenvalue weighted by molar-refractivity contribution is -0.142. The van der Waals surface area contributed by atoms with Crippen molar-refractivity contribution in [1.29, 1.82) is 0 Å². The van der Waals surface area contributed by atoms with E-state index in [-0.39, 0.29) is 117 Å². The second-order valence-corrected chi connectivity index (χ2v) is 38.8. The molecule has 0 spiro atoms. The first kappa shape index (κ1) is 109. The minimum absolute atomic E-state index is 0.00148. The number of sulfonamides is 1. The number of methoxy groups -OCH3 is 1. The van der Waals surface area contributed by atoms with Gasteiger partial charge in [-0.3, -0.25) is 67.3 Å². The largest absolute Gasteiger partial charge is 0.480 e. The molecule has 0 radical (unpaired) electrons. The lowest BCUT2D eigenvalue weighted by Gasteiger charge is -2.35. The molecule has 0 bridgehead atoms. The number of carbonyl (C=O) groups is 15. The van der Waals surface area contributed by atoms with Crippen LogP contribution in [-0.2, 0) is 88.5 Å². The molecule has 0 aromatic heterocycles. The molecule has 0 saturated carbocycles. The molecule has 752 valence electrons. The van der Waals surface area contributed by atoms with Gasteiger partial charge in [0, 0.05) is 66.6 Å². The first-order valence-electron chi connectivity index (χ1n) is 44.4. The van der Waals surface area contributed by atoms with Crippen LogP contribution < -0.4 is 45.6 Å². The number of carboxylic acid groups (broad SMARTS) is 4. The molecule has 0 saturated heterocycles. The van der Waals surface area contributed by atoms with Gasteiger partial charge in [0.15, 0.2) is 5.78 Å². The summed E-state index contributed by atoms with van der Waals surface area (Å²) in [6, 6.07) is 62.0. The molecule has 0 fully saturated rings.